The lowest BCUT2D eigenvalue weighted by molar-refractivity contribution is 0.0953. The van der Waals surface area contributed by atoms with Gasteiger partial charge >= 0.3 is 0 Å². The van der Waals surface area contributed by atoms with Crippen molar-refractivity contribution >= 4 is 16.7 Å². The molecule has 0 aliphatic heterocycles. The van der Waals surface area contributed by atoms with Gasteiger partial charge in [0.05, 0.1) is 0 Å². The number of fused-ring (bicyclic) bond motifs is 1. The Kier molecular flexibility index (Phi) is 5.07. The van der Waals surface area contributed by atoms with E-state index in [-0.39, 0.29) is 11.7 Å². The monoisotopic (exact) mass is 275 g/mol. The molecule has 0 aromatic heterocycles. The SMILES string of the molecule is COCCCCNC(=O)c1ccc(F)c2ccccc12. The van der Waals surface area contributed by atoms with Crippen molar-refractivity contribution < 1.29 is 13.9 Å². The van der Waals surface area contributed by atoms with Crippen LogP contribution in [0.15, 0.2) is 36.4 Å². The van der Waals surface area contributed by atoms with Gasteiger partial charge < -0.3 is 10.1 Å². The van der Waals surface area contributed by atoms with E-state index < -0.39 is 0 Å². The van der Waals surface area contributed by atoms with Gasteiger partial charge in [0.15, 0.2) is 0 Å². The Hall–Kier alpha value is -1.94. The van der Waals surface area contributed by atoms with E-state index in [0.717, 1.165) is 12.8 Å². The van der Waals surface area contributed by atoms with Crippen LogP contribution in [0.1, 0.15) is 23.2 Å². The zero-order valence-electron chi connectivity index (χ0n) is 11.5. The lowest BCUT2D eigenvalue weighted by Crippen LogP contribution is -2.24. The number of methoxy groups -OCH3 is 1. The average molecular weight is 275 g/mol. The molecule has 4 heteroatoms. The van der Waals surface area contributed by atoms with Crippen LogP contribution in [-0.4, -0.2) is 26.2 Å². The zero-order chi connectivity index (χ0) is 14.4. The lowest BCUT2D eigenvalue weighted by Gasteiger charge is -2.08. The molecule has 0 saturated carbocycles. The van der Waals surface area contributed by atoms with Gasteiger partial charge in [-0.25, -0.2) is 4.39 Å². The maximum absolute atomic E-state index is 13.7. The van der Waals surface area contributed by atoms with Gasteiger partial charge in [-0.2, -0.15) is 0 Å². The highest BCUT2D eigenvalue weighted by Gasteiger charge is 2.11. The number of carbonyl (C=O) groups is 1. The molecule has 0 atom stereocenters. The van der Waals surface area contributed by atoms with Gasteiger partial charge in [-0.15, -0.1) is 0 Å². The summed E-state index contributed by atoms with van der Waals surface area (Å²) < 4.78 is 18.6. The first kappa shape index (κ1) is 14.5. The van der Waals surface area contributed by atoms with E-state index in [2.05, 4.69) is 5.32 Å². The van der Waals surface area contributed by atoms with Gasteiger partial charge in [-0.3, -0.25) is 4.79 Å². The normalized spacial score (nSPS) is 10.7. The largest absolute Gasteiger partial charge is 0.385 e. The Morgan fingerprint density at radius 3 is 2.65 bits per heavy atom. The highest BCUT2D eigenvalue weighted by molar-refractivity contribution is 6.07. The van der Waals surface area contributed by atoms with E-state index in [1.807, 2.05) is 0 Å². The predicted molar refractivity (Wildman–Crippen MR) is 77.3 cm³/mol. The second kappa shape index (κ2) is 7.01. The van der Waals surface area contributed by atoms with E-state index in [9.17, 15) is 9.18 Å². The van der Waals surface area contributed by atoms with Crippen molar-refractivity contribution in [2.24, 2.45) is 0 Å². The third kappa shape index (κ3) is 3.33. The van der Waals surface area contributed by atoms with Gasteiger partial charge in [0, 0.05) is 31.2 Å². The lowest BCUT2D eigenvalue weighted by atomic mass is 10.0. The van der Waals surface area contributed by atoms with Crippen molar-refractivity contribution in [1.82, 2.24) is 5.32 Å². The Morgan fingerprint density at radius 1 is 1.15 bits per heavy atom. The van der Waals surface area contributed by atoms with Crippen molar-refractivity contribution in [2.45, 2.75) is 12.8 Å². The number of hydrogen-bond acceptors (Lipinski definition) is 2. The molecule has 0 radical (unpaired) electrons. The van der Waals surface area contributed by atoms with Crippen LogP contribution < -0.4 is 5.32 Å². The fourth-order valence-electron chi connectivity index (χ4n) is 2.13. The number of hydrogen-bond donors (Lipinski definition) is 1. The molecule has 0 aliphatic rings. The van der Waals surface area contributed by atoms with Crippen LogP contribution in [0, 0.1) is 5.82 Å². The zero-order valence-corrected chi connectivity index (χ0v) is 11.5. The number of halogens is 1. The molecular weight excluding hydrogens is 257 g/mol. The molecule has 1 N–H and O–H groups in total. The molecule has 0 fully saturated rings. The van der Waals surface area contributed by atoms with Gasteiger partial charge in [0.1, 0.15) is 5.82 Å². The third-order valence-electron chi connectivity index (χ3n) is 3.18. The fraction of sp³-hybridized carbons (Fsp3) is 0.312. The van der Waals surface area contributed by atoms with E-state index in [4.69, 9.17) is 4.74 Å². The first-order valence-electron chi connectivity index (χ1n) is 6.68. The van der Waals surface area contributed by atoms with Crippen LogP contribution in [0.5, 0.6) is 0 Å². The van der Waals surface area contributed by atoms with Gasteiger partial charge in [0.25, 0.3) is 5.91 Å². The fourth-order valence-corrected chi connectivity index (χ4v) is 2.13. The minimum atomic E-state index is -0.308. The molecule has 0 spiro atoms. The van der Waals surface area contributed by atoms with Crippen LogP contribution in [0.2, 0.25) is 0 Å². The smallest absolute Gasteiger partial charge is 0.251 e. The summed E-state index contributed by atoms with van der Waals surface area (Å²) in [6, 6.07) is 9.87. The molecule has 0 bridgehead atoms. The summed E-state index contributed by atoms with van der Waals surface area (Å²) >= 11 is 0. The molecular formula is C16H18FNO2. The summed E-state index contributed by atoms with van der Waals surface area (Å²) in [5, 5.41) is 3.96. The van der Waals surface area contributed by atoms with Gasteiger partial charge in [-0.1, -0.05) is 24.3 Å². The Labute approximate surface area is 117 Å². The van der Waals surface area contributed by atoms with Crippen LogP contribution in [-0.2, 0) is 4.74 Å². The minimum absolute atomic E-state index is 0.168. The predicted octanol–water partition coefficient (Wildman–Crippen LogP) is 3.14. The molecule has 0 saturated heterocycles. The van der Waals surface area contributed by atoms with Crippen LogP contribution in [0.4, 0.5) is 4.39 Å². The van der Waals surface area contributed by atoms with Crippen LogP contribution in [0.3, 0.4) is 0 Å². The number of carbonyl (C=O) groups excluding carboxylic acids is 1. The van der Waals surface area contributed by atoms with E-state index in [0.29, 0.717) is 29.5 Å². The maximum Gasteiger partial charge on any atom is 0.251 e. The summed E-state index contributed by atoms with van der Waals surface area (Å²) in [7, 11) is 1.66. The summed E-state index contributed by atoms with van der Waals surface area (Å²) in [4.78, 5) is 12.1. The van der Waals surface area contributed by atoms with E-state index in [1.54, 1.807) is 31.4 Å². The topological polar surface area (TPSA) is 38.3 Å². The van der Waals surface area contributed by atoms with Crippen LogP contribution >= 0.6 is 0 Å². The number of benzene rings is 2. The Morgan fingerprint density at radius 2 is 1.90 bits per heavy atom. The van der Waals surface area contributed by atoms with E-state index in [1.165, 1.54) is 12.1 Å². The van der Waals surface area contributed by atoms with Gasteiger partial charge in [0.2, 0.25) is 0 Å². The molecule has 20 heavy (non-hydrogen) atoms. The first-order chi connectivity index (χ1) is 9.74. The van der Waals surface area contributed by atoms with Crippen molar-refractivity contribution in [2.75, 3.05) is 20.3 Å². The number of ether oxygens (including phenoxy) is 1. The second-order valence-corrected chi connectivity index (χ2v) is 4.60. The maximum atomic E-state index is 13.7. The second-order valence-electron chi connectivity index (χ2n) is 4.60. The van der Waals surface area contributed by atoms with Crippen molar-refractivity contribution in [1.29, 1.82) is 0 Å². The molecule has 0 heterocycles. The molecule has 2 aromatic rings. The molecule has 3 nitrogen and oxygen atoms in total. The summed E-state index contributed by atoms with van der Waals surface area (Å²) in [6.45, 7) is 1.28. The summed E-state index contributed by atoms with van der Waals surface area (Å²) in [5.41, 5.74) is 0.508. The number of rotatable bonds is 6. The average Bonchev–Trinajstić information content (AvgIpc) is 2.47. The van der Waals surface area contributed by atoms with Crippen molar-refractivity contribution in [3.8, 4) is 0 Å². The molecule has 2 aromatic carbocycles. The molecule has 0 unspecified atom stereocenters. The molecule has 0 aliphatic carbocycles. The molecule has 1 amide bonds. The number of unbranched alkanes of at least 4 members (excludes halogenated alkanes) is 1. The molecule has 106 valence electrons. The van der Waals surface area contributed by atoms with Crippen LogP contribution in [0.25, 0.3) is 10.8 Å². The summed E-state index contributed by atoms with van der Waals surface area (Å²) in [6.07, 6.45) is 1.76. The van der Waals surface area contributed by atoms with Crippen molar-refractivity contribution in [3.05, 3.63) is 47.8 Å². The minimum Gasteiger partial charge on any atom is -0.385 e. The standard InChI is InChI=1S/C16H18FNO2/c1-20-11-5-4-10-18-16(19)14-8-9-15(17)13-7-3-2-6-12(13)14/h2-3,6-9H,4-5,10-11H2,1H3,(H,18,19). The van der Waals surface area contributed by atoms with Crippen molar-refractivity contribution in [3.63, 3.8) is 0 Å². The third-order valence-corrected chi connectivity index (χ3v) is 3.18. The first-order valence-corrected chi connectivity index (χ1v) is 6.68. The van der Waals surface area contributed by atoms with E-state index >= 15 is 0 Å². The Bertz CT molecular complexity index is 598. The highest BCUT2D eigenvalue weighted by Crippen LogP contribution is 2.21. The quantitative estimate of drug-likeness (QED) is 0.822. The number of amides is 1. The number of nitrogens with one attached hydrogen (secondary N) is 1. The van der Waals surface area contributed by atoms with Gasteiger partial charge in [-0.05, 0) is 30.4 Å². The highest BCUT2D eigenvalue weighted by atomic mass is 19.1. The summed E-state index contributed by atoms with van der Waals surface area (Å²) in [5.74, 6) is -0.476. The Balaban J connectivity index is 2.09. The molecule has 2 rings (SSSR count).